The molecule has 1 nitrogen and oxygen atoms in total. The lowest BCUT2D eigenvalue weighted by molar-refractivity contribution is 0.555. The van der Waals surface area contributed by atoms with Gasteiger partial charge in [-0.2, -0.15) is 0 Å². The zero-order valence-electron chi connectivity index (χ0n) is 10.5. The Morgan fingerprint density at radius 2 is 1.70 bits per heavy atom. The highest BCUT2D eigenvalue weighted by Gasteiger charge is 2.13. The van der Waals surface area contributed by atoms with E-state index >= 15 is 0 Å². The Morgan fingerprint density at radius 3 is 2.45 bits per heavy atom. The van der Waals surface area contributed by atoms with Crippen LogP contribution in [0.4, 0.5) is 13.2 Å². The van der Waals surface area contributed by atoms with Crippen molar-refractivity contribution < 1.29 is 13.2 Å². The second-order valence-electron chi connectivity index (χ2n) is 4.62. The van der Waals surface area contributed by atoms with Crippen molar-refractivity contribution in [3.05, 3.63) is 70.0 Å². The average molecular weight is 300 g/mol. The molecule has 0 aromatic heterocycles. The fourth-order valence-corrected chi connectivity index (χ4v) is 2.24. The van der Waals surface area contributed by atoms with E-state index in [1.165, 1.54) is 6.07 Å². The monoisotopic (exact) mass is 299 g/mol. The number of benzene rings is 2. The molecule has 0 aliphatic carbocycles. The molecule has 20 heavy (non-hydrogen) atoms. The van der Waals surface area contributed by atoms with Crippen LogP contribution < -0.4 is 5.73 Å². The third kappa shape index (κ3) is 3.52. The first-order valence-electron chi connectivity index (χ1n) is 6.09. The molecule has 0 aliphatic rings. The standard InChI is InChI=1S/C15H13ClF3N/c16-13-3-1-2-9(15(13)19)7-12(20)8-10-6-11(17)4-5-14(10)18/h1-6,12H,7-8,20H2. The van der Waals surface area contributed by atoms with Crippen LogP contribution in [0.25, 0.3) is 0 Å². The summed E-state index contributed by atoms with van der Waals surface area (Å²) in [4.78, 5) is 0. The van der Waals surface area contributed by atoms with Gasteiger partial charge in [-0.25, -0.2) is 13.2 Å². The van der Waals surface area contributed by atoms with Crippen molar-refractivity contribution in [3.8, 4) is 0 Å². The molecule has 2 N–H and O–H groups in total. The van der Waals surface area contributed by atoms with Crippen LogP contribution in [0, 0.1) is 17.5 Å². The Kier molecular flexibility index (Phi) is 4.68. The molecule has 0 saturated carbocycles. The van der Waals surface area contributed by atoms with Gasteiger partial charge < -0.3 is 5.73 Å². The van der Waals surface area contributed by atoms with E-state index in [1.54, 1.807) is 12.1 Å². The maximum atomic E-state index is 13.7. The molecule has 2 aromatic rings. The number of halogens is 4. The third-order valence-electron chi connectivity index (χ3n) is 3.00. The Morgan fingerprint density at radius 1 is 1.00 bits per heavy atom. The summed E-state index contributed by atoms with van der Waals surface area (Å²) in [6.07, 6.45) is 0.317. The molecule has 0 bridgehead atoms. The first-order chi connectivity index (χ1) is 9.47. The van der Waals surface area contributed by atoms with Crippen LogP contribution in [0.1, 0.15) is 11.1 Å². The normalized spacial score (nSPS) is 12.4. The molecule has 1 atom stereocenters. The highest BCUT2D eigenvalue weighted by Crippen LogP contribution is 2.20. The SMILES string of the molecule is NC(Cc1cc(F)ccc1F)Cc1cccc(Cl)c1F. The van der Waals surface area contributed by atoms with Crippen molar-refractivity contribution in [2.75, 3.05) is 0 Å². The fourth-order valence-electron chi connectivity index (χ4n) is 2.04. The fraction of sp³-hybridized carbons (Fsp3) is 0.200. The van der Waals surface area contributed by atoms with E-state index in [4.69, 9.17) is 17.3 Å². The van der Waals surface area contributed by atoms with Gasteiger partial charge in [0.15, 0.2) is 0 Å². The minimum Gasteiger partial charge on any atom is -0.327 e. The van der Waals surface area contributed by atoms with Crippen LogP contribution in [0.5, 0.6) is 0 Å². The molecule has 106 valence electrons. The second-order valence-corrected chi connectivity index (χ2v) is 5.02. The molecule has 1 unspecified atom stereocenters. The first kappa shape index (κ1) is 14.9. The van der Waals surface area contributed by atoms with Crippen LogP contribution in [0.3, 0.4) is 0 Å². The number of hydrogen-bond donors (Lipinski definition) is 1. The quantitative estimate of drug-likeness (QED) is 0.911. The van der Waals surface area contributed by atoms with Crippen LogP contribution >= 0.6 is 11.6 Å². The highest BCUT2D eigenvalue weighted by atomic mass is 35.5. The van der Waals surface area contributed by atoms with E-state index in [1.807, 2.05) is 0 Å². The number of hydrogen-bond acceptors (Lipinski definition) is 1. The zero-order valence-corrected chi connectivity index (χ0v) is 11.3. The van der Waals surface area contributed by atoms with Gasteiger partial charge in [0.05, 0.1) is 5.02 Å². The minimum atomic E-state index is -0.528. The summed E-state index contributed by atoms with van der Waals surface area (Å²) in [5.74, 6) is -1.57. The smallest absolute Gasteiger partial charge is 0.145 e. The van der Waals surface area contributed by atoms with Gasteiger partial charge in [-0.05, 0) is 48.2 Å². The van der Waals surface area contributed by atoms with Crippen molar-refractivity contribution in [3.63, 3.8) is 0 Å². The largest absolute Gasteiger partial charge is 0.327 e. The van der Waals surface area contributed by atoms with E-state index in [9.17, 15) is 13.2 Å². The lowest BCUT2D eigenvalue weighted by Crippen LogP contribution is -2.26. The van der Waals surface area contributed by atoms with Crippen LogP contribution in [-0.2, 0) is 12.8 Å². The Hall–Kier alpha value is -1.52. The predicted molar refractivity (Wildman–Crippen MR) is 73.2 cm³/mol. The average Bonchev–Trinajstić information content (AvgIpc) is 2.39. The molecule has 0 spiro atoms. The molecule has 2 aromatic carbocycles. The lowest BCUT2D eigenvalue weighted by atomic mass is 9.99. The molecule has 0 saturated heterocycles. The predicted octanol–water partition coefficient (Wildman–Crippen LogP) is 3.87. The van der Waals surface area contributed by atoms with E-state index in [-0.39, 0.29) is 23.4 Å². The highest BCUT2D eigenvalue weighted by molar-refractivity contribution is 6.30. The van der Waals surface area contributed by atoms with Crippen molar-refractivity contribution >= 4 is 11.6 Å². The van der Waals surface area contributed by atoms with Crippen molar-refractivity contribution in [2.24, 2.45) is 5.73 Å². The first-order valence-corrected chi connectivity index (χ1v) is 6.47. The van der Waals surface area contributed by atoms with Crippen LogP contribution in [-0.4, -0.2) is 6.04 Å². The molecule has 0 amide bonds. The maximum absolute atomic E-state index is 13.7. The van der Waals surface area contributed by atoms with E-state index in [2.05, 4.69) is 0 Å². The third-order valence-corrected chi connectivity index (χ3v) is 3.30. The van der Waals surface area contributed by atoms with Gasteiger partial charge in [0.1, 0.15) is 17.5 Å². The summed E-state index contributed by atoms with van der Waals surface area (Å²) in [7, 11) is 0. The summed E-state index contributed by atoms with van der Waals surface area (Å²) in [6.45, 7) is 0. The van der Waals surface area contributed by atoms with Crippen LogP contribution in [0.15, 0.2) is 36.4 Å². The minimum absolute atomic E-state index is 0.0200. The van der Waals surface area contributed by atoms with Gasteiger partial charge in [0.2, 0.25) is 0 Å². The Bertz CT molecular complexity index is 612. The Balaban J connectivity index is 2.11. The van der Waals surface area contributed by atoms with Gasteiger partial charge in [0, 0.05) is 6.04 Å². The Labute approximate surface area is 120 Å². The molecular formula is C15H13ClF3N. The van der Waals surface area contributed by atoms with Crippen molar-refractivity contribution in [2.45, 2.75) is 18.9 Å². The van der Waals surface area contributed by atoms with E-state index in [0.29, 0.717) is 5.56 Å². The summed E-state index contributed by atoms with van der Waals surface area (Å²) in [6, 6.07) is 7.30. The summed E-state index contributed by atoms with van der Waals surface area (Å²) in [5.41, 5.74) is 6.42. The maximum Gasteiger partial charge on any atom is 0.145 e. The molecule has 5 heteroatoms. The zero-order chi connectivity index (χ0) is 14.7. The van der Waals surface area contributed by atoms with Crippen molar-refractivity contribution in [1.29, 1.82) is 0 Å². The van der Waals surface area contributed by atoms with Gasteiger partial charge in [-0.15, -0.1) is 0 Å². The summed E-state index contributed by atoms with van der Waals surface area (Å²) < 4.78 is 40.3. The van der Waals surface area contributed by atoms with E-state index < -0.39 is 23.5 Å². The molecule has 0 radical (unpaired) electrons. The molecular weight excluding hydrogens is 287 g/mol. The molecule has 0 fully saturated rings. The second kappa shape index (κ2) is 6.29. The topological polar surface area (TPSA) is 26.0 Å². The summed E-state index contributed by atoms with van der Waals surface area (Å²) >= 11 is 5.68. The van der Waals surface area contributed by atoms with Crippen LogP contribution in [0.2, 0.25) is 5.02 Å². The molecule has 0 heterocycles. The van der Waals surface area contributed by atoms with Gasteiger partial charge in [-0.3, -0.25) is 0 Å². The summed E-state index contributed by atoms with van der Waals surface area (Å²) in [5, 5.41) is 0.0200. The molecule has 2 rings (SSSR count). The van der Waals surface area contributed by atoms with Gasteiger partial charge >= 0.3 is 0 Å². The lowest BCUT2D eigenvalue weighted by Gasteiger charge is -2.13. The molecule has 0 aliphatic heterocycles. The number of rotatable bonds is 4. The number of nitrogens with two attached hydrogens (primary N) is 1. The van der Waals surface area contributed by atoms with Gasteiger partial charge in [0.25, 0.3) is 0 Å². The van der Waals surface area contributed by atoms with Gasteiger partial charge in [-0.1, -0.05) is 23.7 Å². The van der Waals surface area contributed by atoms with Crippen molar-refractivity contribution in [1.82, 2.24) is 0 Å². The van der Waals surface area contributed by atoms with E-state index in [0.717, 1.165) is 18.2 Å².